The van der Waals surface area contributed by atoms with Crippen LogP contribution in [-0.2, 0) is 4.79 Å². The molecule has 0 aromatic heterocycles. The second-order valence-electron chi connectivity index (χ2n) is 2.73. The van der Waals surface area contributed by atoms with E-state index in [1.54, 1.807) is 24.3 Å². The van der Waals surface area contributed by atoms with Gasteiger partial charge in [-0.1, -0.05) is 18.2 Å². The van der Waals surface area contributed by atoms with Crippen molar-refractivity contribution in [2.45, 2.75) is 0 Å². The van der Waals surface area contributed by atoms with Crippen LogP contribution >= 0.6 is 0 Å². The Balaban J connectivity index is 2.34. The van der Waals surface area contributed by atoms with E-state index in [2.05, 4.69) is 10.6 Å². The molecule has 0 saturated carbocycles. The van der Waals surface area contributed by atoms with Crippen LogP contribution in [0, 0.1) is 0 Å². The van der Waals surface area contributed by atoms with Gasteiger partial charge in [-0.2, -0.15) is 0 Å². The third-order valence-corrected chi connectivity index (χ3v) is 1.63. The molecule has 0 unspecified atom stereocenters. The van der Waals surface area contributed by atoms with Crippen LogP contribution in [0.1, 0.15) is 0 Å². The first kappa shape index (κ1) is 11.0. The number of hydrogen-bond donors (Lipinski definition) is 2. The summed E-state index contributed by atoms with van der Waals surface area (Å²) in [5.41, 5.74) is 0. The van der Waals surface area contributed by atoms with Gasteiger partial charge in [0.2, 0.25) is 5.91 Å². The van der Waals surface area contributed by atoms with Gasteiger partial charge in [-0.15, -0.1) is 0 Å². The monoisotopic (exact) mass is 208 g/mol. The Kier molecular flexibility index (Phi) is 4.15. The Morgan fingerprint density at radius 2 is 1.93 bits per heavy atom. The summed E-state index contributed by atoms with van der Waals surface area (Å²) in [4.78, 5) is 21.9. The van der Waals surface area contributed by atoms with Gasteiger partial charge in [-0.05, 0) is 12.1 Å². The summed E-state index contributed by atoms with van der Waals surface area (Å²) >= 11 is 0. The Morgan fingerprint density at radius 1 is 1.27 bits per heavy atom. The summed E-state index contributed by atoms with van der Waals surface area (Å²) in [5.74, 6) is 0.159. The number of ether oxygens (including phenoxy) is 1. The Morgan fingerprint density at radius 3 is 2.53 bits per heavy atom. The molecule has 0 spiro atoms. The van der Waals surface area contributed by atoms with E-state index in [9.17, 15) is 9.59 Å². The molecule has 0 aliphatic heterocycles. The van der Waals surface area contributed by atoms with E-state index in [-0.39, 0.29) is 12.5 Å². The maximum Gasteiger partial charge on any atom is 0.413 e. The second kappa shape index (κ2) is 5.64. The number of hydrogen-bond acceptors (Lipinski definition) is 3. The zero-order valence-corrected chi connectivity index (χ0v) is 8.32. The molecule has 80 valence electrons. The van der Waals surface area contributed by atoms with Crippen molar-refractivity contribution in [1.82, 2.24) is 10.6 Å². The van der Waals surface area contributed by atoms with Crippen LogP contribution in [0.2, 0.25) is 0 Å². The van der Waals surface area contributed by atoms with Crippen LogP contribution in [0.3, 0.4) is 0 Å². The molecule has 1 rings (SSSR count). The van der Waals surface area contributed by atoms with E-state index in [4.69, 9.17) is 4.74 Å². The largest absolute Gasteiger partial charge is 0.413 e. The van der Waals surface area contributed by atoms with Crippen LogP contribution in [0.5, 0.6) is 5.75 Å². The van der Waals surface area contributed by atoms with Crippen molar-refractivity contribution >= 4 is 12.0 Å². The van der Waals surface area contributed by atoms with Crippen molar-refractivity contribution in [3.05, 3.63) is 30.3 Å². The molecular weight excluding hydrogens is 196 g/mol. The molecule has 0 aliphatic carbocycles. The first-order valence-corrected chi connectivity index (χ1v) is 4.43. The van der Waals surface area contributed by atoms with Crippen LogP contribution in [0.4, 0.5) is 4.79 Å². The van der Waals surface area contributed by atoms with E-state index in [1.807, 2.05) is 6.07 Å². The van der Waals surface area contributed by atoms with Gasteiger partial charge in [0, 0.05) is 7.05 Å². The van der Waals surface area contributed by atoms with Gasteiger partial charge in [-0.25, -0.2) is 4.79 Å². The van der Waals surface area contributed by atoms with Crippen molar-refractivity contribution < 1.29 is 14.3 Å². The van der Waals surface area contributed by atoms with Crippen molar-refractivity contribution in [2.75, 3.05) is 13.6 Å². The van der Waals surface area contributed by atoms with Gasteiger partial charge in [0.15, 0.2) is 0 Å². The maximum absolute atomic E-state index is 11.1. The minimum absolute atomic E-state index is 0.0951. The highest BCUT2D eigenvalue weighted by molar-refractivity contribution is 5.82. The SMILES string of the molecule is CNC(=O)CNC(=O)Oc1ccccc1. The second-order valence-corrected chi connectivity index (χ2v) is 2.73. The summed E-state index contributed by atoms with van der Waals surface area (Å²) < 4.78 is 4.88. The molecule has 2 N–H and O–H groups in total. The van der Waals surface area contributed by atoms with Crippen LogP contribution in [-0.4, -0.2) is 25.6 Å². The molecule has 0 saturated heterocycles. The van der Waals surface area contributed by atoms with E-state index < -0.39 is 6.09 Å². The van der Waals surface area contributed by atoms with Crippen LogP contribution in [0.15, 0.2) is 30.3 Å². The minimum Gasteiger partial charge on any atom is -0.410 e. The molecule has 0 bridgehead atoms. The Bertz CT molecular complexity index is 338. The number of para-hydroxylation sites is 1. The number of rotatable bonds is 3. The molecule has 15 heavy (non-hydrogen) atoms. The highest BCUT2D eigenvalue weighted by Crippen LogP contribution is 2.07. The molecular formula is C10H12N2O3. The normalized spacial score (nSPS) is 9.13. The standard InChI is InChI=1S/C10H12N2O3/c1-11-9(13)7-12-10(14)15-8-5-3-2-4-6-8/h2-6H,7H2,1H3,(H,11,13)(H,12,14). The highest BCUT2D eigenvalue weighted by atomic mass is 16.6. The van der Waals surface area contributed by atoms with Gasteiger partial charge in [0.05, 0.1) is 6.54 Å². The van der Waals surface area contributed by atoms with Crippen molar-refractivity contribution in [2.24, 2.45) is 0 Å². The molecule has 5 heteroatoms. The first-order valence-electron chi connectivity index (χ1n) is 4.43. The molecule has 0 heterocycles. The summed E-state index contributed by atoms with van der Waals surface area (Å²) in [6.07, 6.45) is -0.648. The molecule has 0 fully saturated rings. The topological polar surface area (TPSA) is 67.4 Å². The molecule has 5 nitrogen and oxygen atoms in total. The first-order chi connectivity index (χ1) is 7.22. The van der Waals surface area contributed by atoms with Crippen molar-refractivity contribution in [1.29, 1.82) is 0 Å². The van der Waals surface area contributed by atoms with Gasteiger partial charge in [0.25, 0.3) is 0 Å². The smallest absolute Gasteiger partial charge is 0.410 e. The zero-order chi connectivity index (χ0) is 11.1. The fourth-order valence-corrected chi connectivity index (χ4v) is 0.872. The minimum atomic E-state index is -0.648. The van der Waals surface area contributed by atoms with Crippen LogP contribution in [0.25, 0.3) is 0 Å². The number of carbonyl (C=O) groups is 2. The molecule has 0 atom stereocenters. The quantitative estimate of drug-likeness (QED) is 0.761. The molecule has 0 radical (unpaired) electrons. The van der Waals surface area contributed by atoms with E-state index >= 15 is 0 Å². The molecule has 2 amide bonds. The maximum atomic E-state index is 11.1. The van der Waals surface area contributed by atoms with Gasteiger partial charge in [0.1, 0.15) is 5.75 Å². The summed E-state index contributed by atoms with van der Waals surface area (Å²) in [7, 11) is 1.49. The molecule has 1 aromatic rings. The number of benzene rings is 1. The number of amides is 2. The summed E-state index contributed by atoms with van der Waals surface area (Å²) in [5, 5.41) is 4.68. The van der Waals surface area contributed by atoms with E-state index in [0.29, 0.717) is 5.75 Å². The fraction of sp³-hybridized carbons (Fsp3) is 0.200. The third kappa shape index (κ3) is 4.12. The molecule has 0 aliphatic rings. The Labute approximate surface area is 87.4 Å². The predicted molar refractivity (Wildman–Crippen MR) is 54.5 cm³/mol. The lowest BCUT2D eigenvalue weighted by Gasteiger charge is -2.05. The lowest BCUT2D eigenvalue weighted by Crippen LogP contribution is -2.36. The number of carbonyl (C=O) groups excluding carboxylic acids is 2. The van der Waals surface area contributed by atoms with Gasteiger partial charge in [-0.3, -0.25) is 4.79 Å². The van der Waals surface area contributed by atoms with Crippen LogP contribution < -0.4 is 15.4 Å². The van der Waals surface area contributed by atoms with Gasteiger partial charge >= 0.3 is 6.09 Å². The van der Waals surface area contributed by atoms with E-state index in [0.717, 1.165) is 0 Å². The van der Waals surface area contributed by atoms with Crippen molar-refractivity contribution in [3.63, 3.8) is 0 Å². The highest BCUT2D eigenvalue weighted by Gasteiger charge is 2.05. The average molecular weight is 208 g/mol. The van der Waals surface area contributed by atoms with E-state index in [1.165, 1.54) is 7.05 Å². The fourth-order valence-electron chi connectivity index (χ4n) is 0.872. The predicted octanol–water partition coefficient (Wildman–Crippen LogP) is 0.521. The Hall–Kier alpha value is -2.04. The number of likely N-dealkylation sites (N-methyl/N-ethyl adjacent to an activating group) is 1. The molecule has 1 aromatic carbocycles. The average Bonchev–Trinajstić information content (AvgIpc) is 2.27. The summed E-state index contributed by atoms with van der Waals surface area (Å²) in [6.45, 7) is -0.0951. The third-order valence-electron chi connectivity index (χ3n) is 1.63. The van der Waals surface area contributed by atoms with Crippen molar-refractivity contribution in [3.8, 4) is 5.75 Å². The van der Waals surface area contributed by atoms with Gasteiger partial charge < -0.3 is 15.4 Å². The lowest BCUT2D eigenvalue weighted by atomic mass is 10.3. The summed E-state index contributed by atoms with van der Waals surface area (Å²) in [6, 6.07) is 8.62. The number of nitrogens with one attached hydrogen (secondary N) is 2. The zero-order valence-electron chi connectivity index (χ0n) is 8.32. The lowest BCUT2D eigenvalue weighted by molar-refractivity contribution is -0.119.